The highest BCUT2D eigenvalue weighted by molar-refractivity contribution is 8.25. The summed E-state index contributed by atoms with van der Waals surface area (Å²) in [6.45, 7) is 1.53. The average molecular weight is 242 g/mol. The minimum absolute atomic E-state index is 0.765. The molecule has 1 aromatic rings. The highest BCUT2D eigenvalue weighted by atomic mass is 32.4. The molecule has 0 radical (unpaired) electrons. The molecule has 1 unspecified atom stereocenters. The van der Waals surface area contributed by atoms with E-state index in [0.29, 0.717) is 0 Å². The van der Waals surface area contributed by atoms with E-state index in [1.54, 1.807) is 12.4 Å². The van der Waals surface area contributed by atoms with Crippen LogP contribution in [0.4, 0.5) is 0 Å². The van der Waals surface area contributed by atoms with Gasteiger partial charge < -0.3 is 11.5 Å². The summed E-state index contributed by atoms with van der Waals surface area (Å²) in [5.41, 5.74) is 11.1. The largest absolute Gasteiger partial charge is 0.331 e. The maximum Gasteiger partial charge on any atom is 0.181 e. The second kappa shape index (κ2) is 7.81. The van der Waals surface area contributed by atoms with Crippen molar-refractivity contribution in [3.05, 3.63) is 18.5 Å². The molecule has 84 valence electrons. The van der Waals surface area contributed by atoms with Crippen molar-refractivity contribution in [1.82, 2.24) is 9.97 Å². The Morgan fingerprint density at radius 2 is 1.87 bits per heavy atom. The minimum atomic E-state index is -0.891. The fraction of sp³-hybridized carbons (Fsp3) is 0.556. The molecule has 4 nitrogen and oxygen atoms in total. The lowest BCUT2D eigenvalue weighted by molar-refractivity contribution is 0.916. The number of hydrogen-bond acceptors (Lipinski definition) is 5. The van der Waals surface area contributed by atoms with E-state index in [2.05, 4.69) is 9.97 Å². The zero-order valence-electron chi connectivity index (χ0n) is 8.80. The molecule has 0 saturated carbocycles. The zero-order chi connectivity index (χ0) is 10.9. The van der Waals surface area contributed by atoms with Crippen molar-refractivity contribution in [3.8, 4) is 0 Å². The van der Waals surface area contributed by atoms with E-state index in [4.69, 9.17) is 11.5 Å². The lowest BCUT2D eigenvalue weighted by Gasteiger charge is -2.11. The zero-order valence-corrected chi connectivity index (χ0v) is 10.8. The van der Waals surface area contributed by atoms with Gasteiger partial charge in [-0.3, -0.25) is 0 Å². The van der Waals surface area contributed by atoms with Crippen molar-refractivity contribution >= 4 is 19.2 Å². The summed E-state index contributed by atoms with van der Waals surface area (Å²) in [7, 11) is -0.891. The Balaban J connectivity index is 2.43. The van der Waals surface area contributed by atoms with Gasteiger partial charge in [-0.1, -0.05) is 0 Å². The van der Waals surface area contributed by atoms with Crippen LogP contribution in [-0.4, -0.2) is 31.0 Å². The van der Waals surface area contributed by atoms with Crippen molar-refractivity contribution in [2.45, 2.75) is 23.7 Å². The van der Waals surface area contributed by atoms with Crippen LogP contribution >= 0.6 is 11.2 Å². The molecule has 0 aliphatic heterocycles. The first-order valence-electron chi connectivity index (χ1n) is 5.20. The standard InChI is InChI=1S/C9H18N4SSi/c10-3-1-7-15(8-4-11)14-9-12-5-2-6-13-9/h2,5-6,15H,1,3-4,7-8,10-11H2. The molecule has 0 amide bonds. The van der Waals surface area contributed by atoms with Crippen molar-refractivity contribution < 1.29 is 0 Å². The predicted octanol–water partition coefficient (Wildman–Crippen LogP) is 0.600. The Morgan fingerprint density at radius 3 is 2.47 bits per heavy atom. The summed E-state index contributed by atoms with van der Waals surface area (Å²) in [5.74, 6) is 0. The van der Waals surface area contributed by atoms with Gasteiger partial charge in [-0.2, -0.15) is 0 Å². The second-order valence-electron chi connectivity index (χ2n) is 3.28. The summed E-state index contributed by atoms with van der Waals surface area (Å²) in [6, 6.07) is 4.18. The fourth-order valence-electron chi connectivity index (χ4n) is 1.29. The highest BCUT2D eigenvalue weighted by Gasteiger charge is 2.12. The summed E-state index contributed by atoms with van der Waals surface area (Å²) < 4.78 is 0. The normalized spacial score (nSPS) is 12.7. The quantitative estimate of drug-likeness (QED) is 0.541. The number of nitrogens with two attached hydrogens (primary N) is 2. The van der Waals surface area contributed by atoms with Crippen LogP contribution in [0.1, 0.15) is 6.42 Å². The van der Waals surface area contributed by atoms with E-state index in [1.807, 2.05) is 17.3 Å². The summed E-state index contributed by atoms with van der Waals surface area (Å²) in [5, 5.41) is 0.889. The molecule has 0 bridgehead atoms. The van der Waals surface area contributed by atoms with Crippen LogP contribution in [-0.2, 0) is 0 Å². The monoisotopic (exact) mass is 242 g/mol. The van der Waals surface area contributed by atoms with Crippen LogP contribution < -0.4 is 11.5 Å². The number of nitrogens with zero attached hydrogens (tertiary/aromatic N) is 2. The van der Waals surface area contributed by atoms with Gasteiger partial charge in [-0.25, -0.2) is 9.97 Å². The third kappa shape index (κ3) is 5.27. The SMILES string of the molecule is NCCC[SiH](CCN)Sc1ncccn1. The molecule has 1 aromatic heterocycles. The molecule has 1 heterocycles. The van der Waals surface area contributed by atoms with E-state index in [9.17, 15) is 0 Å². The summed E-state index contributed by atoms with van der Waals surface area (Å²) in [4.78, 5) is 8.45. The van der Waals surface area contributed by atoms with E-state index in [1.165, 1.54) is 6.04 Å². The third-order valence-electron chi connectivity index (χ3n) is 2.03. The maximum absolute atomic E-state index is 5.60. The van der Waals surface area contributed by atoms with Gasteiger partial charge >= 0.3 is 0 Å². The molecule has 0 aliphatic rings. The number of aromatic nitrogens is 2. The van der Waals surface area contributed by atoms with Crippen LogP contribution in [0.25, 0.3) is 0 Å². The first kappa shape index (κ1) is 12.6. The Morgan fingerprint density at radius 1 is 1.13 bits per heavy atom. The van der Waals surface area contributed by atoms with Crippen molar-refractivity contribution in [2.24, 2.45) is 11.5 Å². The smallest absolute Gasteiger partial charge is 0.181 e. The summed E-state index contributed by atoms with van der Waals surface area (Å²) in [6.07, 6.45) is 4.66. The van der Waals surface area contributed by atoms with E-state index in [-0.39, 0.29) is 0 Å². The Labute approximate surface area is 96.1 Å². The molecule has 0 aliphatic carbocycles. The Bertz CT molecular complexity index is 260. The first-order chi connectivity index (χ1) is 7.36. The van der Waals surface area contributed by atoms with Crippen LogP contribution in [0.5, 0.6) is 0 Å². The molecule has 0 saturated heterocycles. The fourth-order valence-corrected chi connectivity index (χ4v) is 6.29. The molecule has 1 atom stereocenters. The van der Waals surface area contributed by atoms with E-state index >= 15 is 0 Å². The second-order valence-corrected chi connectivity index (χ2v) is 8.99. The Hall–Kier alpha value is -0.433. The molecule has 6 heteroatoms. The molecule has 1 rings (SSSR count). The lowest BCUT2D eigenvalue weighted by Crippen LogP contribution is -2.16. The predicted molar refractivity (Wildman–Crippen MR) is 67.4 cm³/mol. The van der Waals surface area contributed by atoms with Crippen molar-refractivity contribution in [1.29, 1.82) is 0 Å². The average Bonchev–Trinajstić information content (AvgIpc) is 2.28. The first-order valence-corrected chi connectivity index (χ1v) is 9.13. The topological polar surface area (TPSA) is 77.8 Å². The van der Waals surface area contributed by atoms with Gasteiger partial charge in [0.05, 0.1) is 0 Å². The van der Waals surface area contributed by atoms with Crippen LogP contribution in [0.15, 0.2) is 23.6 Å². The van der Waals surface area contributed by atoms with Gasteiger partial charge in [-0.15, -0.1) is 11.2 Å². The molecule has 0 spiro atoms. The van der Waals surface area contributed by atoms with Gasteiger partial charge in [0.15, 0.2) is 5.16 Å². The summed E-state index contributed by atoms with van der Waals surface area (Å²) >= 11 is 1.83. The highest BCUT2D eigenvalue weighted by Crippen LogP contribution is 2.22. The van der Waals surface area contributed by atoms with Gasteiger partial charge in [0.2, 0.25) is 0 Å². The van der Waals surface area contributed by atoms with Crippen molar-refractivity contribution in [2.75, 3.05) is 13.1 Å². The van der Waals surface area contributed by atoms with Gasteiger partial charge in [-0.05, 0) is 37.7 Å². The third-order valence-corrected chi connectivity index (χ3v) is 7.86. The van der Waals surface area contributed by atoms with E-state index in [0.717, 1.165) is 30.7 Å². The van der Waals surface area contributed by atoms with Crippen LogP contribution in [0, 0.1) is 0 Å². The number of hydrogen-bond donors (Lipinski definition) is 2. The van der Waals surface area contributed by atoms with Gasteiger partial charge in [0.25, 0.3) is 0 Å². The number of rotatable bonds is 7. The molecule has 0 fully saturated rings. The molecular weight excluding hydrogens is 224 g/mol. The lowest BCUT2D eigenvalue weighted by atomic mass is 10.5. The molecular formula is C9H18N4SSi. The van der Waals surface area contributed by atoms with Crippen LogP contribution in [0.3, 0.4) is 0 Å². The molecule has 4 N–H and O–H groups in total. The molecule has 0 aromatic carbocycles. The van der Waals surface area contributed by atoms with Gasteiger partial charge in [0.1, 0.15) is 7.95 Å². The van der Waals surface area contributed by atoms with Gasteiger partial charge in [0, 0.05) is 12.4 Å². The molecule has 15 heavy (non-hydrogen) atoms. The van der Waals surface area contributed by atoms with Crippen molar-refractivity contribution in [3.63, 3.8) is 0 Å². The van der Waals surface area contributed by atoms with Crippen LogP contribution in [0.2, 0.25) is 12.1 Å². The van der Waals surface area contributed by atoms with E-state index < -0.39 is 7.95 Å². The maximum atomic E-state index is 5.60. The Kier molecular flexibility index (Phi) is 6.58. The minimum Gasteiger partial charge on any atom is -0.331 e.